The fourth-order valence-electron chi connectivity index (χ4n) is 0. The molecule has 0 aliphatic heterocycles. The predicted octanol–water partition coefficient (Wildman–Crippen LogP) is -8.95. The molecular formula is HCl4Na. The zero-order valence-corrected chi connectivity index (χ0v) is 7.63. The first-order valence-electron chi connectivity index (χ1n) is 0. The van der Waals surface area contributed by atoms with Gasteiger partial charge in [0.25, 0.3) is 0 Å². The van der Waals surface area contributed by atoms with E-state index < -0.39 is 0 Å². The minimum atomic E-state index is 0. The first kappa shape index (κ1) is 58.2. The molecule has 0 rings (SSSR count). The molecule has 0 saturated heterocycles. The van der Waals surface area contributed by atoms with Crippen molar-refractivity contribution in [2.75, 3.05) is 0 Å². The normalized spacial score (nSPS) is 0. The Morgan fingerprint density at radius 1 is 0.600 bits per heavy atom. The number of hydrogen-bond donors (Lipinski definition) is 0. The van der Waals surface area contributed by atoms with Crippen LogP contribution in [0.3, 0.4) is 0 Å². The first-order valence-corrected chi connectivity index (χ1v) is 0. The van der Waals surface area contributed by atoms with E-state index in [0.29, 0.717) is 0 Å². The Kier molecular flexibility index (Phi) is 409. The van der Waals surface area contributed by atoms with Crippen molar-refractivity contribution in [3.63, 3.8) is 0 Å². The molecule has 0 fully saturated rings. The Morgan fingerprint density at radius 3 is 0.600 bits per heavy atom. The third-order valence-corrected chi connectivity index (χ3v) is 0. The average molecular weight is 166 g/mol. The summed E-state index contributed by atoms with van der Waals surface area (Å²) in [6.07, 6.45) is 0. The summed E-state index contributed by atoms with van der Waals surface area (Å²) in [5.41, 5.74) is 0. The van der Waals surface area contributed by atoms with Gasteiger partial charge in [0.1, 0.15) is 0 Å². The van der Waals surface area contributed by atoms with Gasteiger partial charge in [0.05, 0.1) is 0 Å². The van der Waals surface area contributed by atoms with Crippen molar-refractivity contribution in [1.29, 1.82) is 0 Å². The summed E-state index contributed by atoms with van der Waals surface area (Å²) >= 11 is 0. The largest absolute Gasteiger partial charge is 3.00 e. The maximum Gasteiger partial charge on any atom is 3.00 e. The van der Waals surface area contributed by atoms with Crippen molar-refractivity contribution in [2.45, 2.75) is 0 Å². The van der Waals surface area contributed by atoms with Gasteiger partial charge in [0.2, 0.25) is 0 Å². The summed E-state index contributed by atoms with van der Waals surface area (Å²) in [5, 5.41) is 0. The van der Waals surface area contributed by atoms with Crippen LogP contribution in [0.15, 0.2) is 0 Å². The van der Waals surface area contributed by atoms with Crippen molar-refractivity contribution in [3.05, 3.63) is 0 Å². The molecule has 0 nitrogen and oxygen atoms in total. The number of hydrogen-bond acceptors (Lipinski definition) is 0. The van der Waals surface area contributed by atoms with Gasteiger partial charge < -0.3 is 37.2 Å². The molecule has 0 aromatic rings. The molecule has 0 saturated carbocycles. The van der Waals surface area contributed by atoms with E-state index in [1.807, 2.05) is 0 Å². The van der Waals surface area contributed by atoms with E-state index in [4.69, 9.17) is 0 Å². The quantitative estimate of drug-likeness (QED) is 0.313. The first-order chi connectivity index (χ1) is 0. The van der Waals surface area contributed by atoms with Crippen LogP contribution in [0.25, 0.3) is 0 Å². The number of halogens is 4. The molecule has 0 aliphatic carbocycles. The third-order valence-electron chi connectivity index (χ3n) is 0. The second-order valence-electron chi connectivity index (χ2n) is 0. The van der Waals surface area contributed by atoms with Gasteiger partial charge in [-0.05, 0) is 0 Å². The summed E-state index contributed by atoms with van der Waals surface area (Å²) in [6, 6.07) is 0. The van der Waals surface area contributed by atoms with Crippen molar-refractivity contribution < 1.29 is 37.2 Å². The van der Waals surface area contributed by atoms with Gasteiger partial charge in [-0.15, -0.1) is 12.4 Å². The minimum absolute atomic E-state index is 0. The van der Waals surface area contributed by atoms with Crippen LogP contribution in [0, 0.1) is 0 Å². The second kappa shape index (κ2) is 35.2. The Balaban J connectivity index is 0. The summed E-state index contributed by atoms with van der Waals surface area (Å²) < 4.78 is 0. The zero-order valence-electron chi connectivity index (χ0n) is 2.54. The van der Waals surface area contributed by atoms with Crippen LogP contribution in [0.5, 0.6) is 0 Å². The van der Waals surface area contributed by atoms with Crippen LogP contribution in [-0.4, -0.2) is 29.6 Å². The Morgan fingerprint density at radius 2 is 0.600 bits per heavy atom. The summed E-state index contributed by atoms with van der Waals surface area (Å²) in [7, 11) is 0. The second-order valence-corrected chi connectivity index (χ2v) is 0. The van der Waals surface area contributed by atoms with E-state index in [9.17, 15) is 0 Å². The standard InChI is InChI=1S/4ClH.Na/h4*1H;/q;;;;+3/p-3. The summed E-state index contributed by atoms with van der Waals surface area (Å²) in [6.45, 7) is 0. The van der Waals surface area contributed by atoms with E-state index in [1.165, 1.54) is 0 Å². The molecule has 0 aromatic heterocycles. The Hall–Kier alpha value is 2.16. The Bertz CT molecular complexity index is 3.61. The van der Waals surface area contributed by atoms with Crippen LogP contribution in [-0.2, 0) is 0 Å². The van der Waals surface area contributed by atoms with Gasteiger partial charge in [-0.25, -0.2) is 0 Å². The molecule has 5 heteroatoms. The smallest absolute Gasteiger partial charge is 1.00 e. The van der Waals surface area contributed by atoms with Crippen LogP contribution in [0.1, 0.15) is 0 Å². The van der Waals surface area contributed by atoms with Crippen molar-refractivity contribution in [1.82, 2.24) is 0 Å². The van der Waals surface area contributed by atoms with Crippen molar-refractivity contribution in [3.8, 4) is 0 Å². The van der Waals surface area contributed by atoms with Crippen molar-refractivity contribution >= 4 is 42.0 Å². The molecule has 0 N–H and O–H groups in total. The molecule has 0 aliphatic rings. The van der Waals surface area contributed by atoms with E-state index in [0.717, 1.165) is 0 Å². The van der Waals surface area contributed by atoms with Gasteiger partial charge in [-0.1, -0.05) is 0 Å². The topological polar surface area (TPSA) is 0 Å². The summed E-state index contributed by atoms with van der Waals surface area (Å²) in [4.78, 5) is 0. The monoisotopic (exact) mass is 164 g/mol. The van der Waals surface area contributed by atoms with E-state index in [1.54, 1.807) is 0 Å². The molecule has 0 bridgehead atoms. The molecule has 0 heterocycles. The SMILES string of the molecule is Cl.[Cl-].[Cl-].[Cl-].[Na+3]. The fourth-order valence-corrected chi connectivity index (χ4v) is 0. The predicted molar refractivity (Wildman–Crippen MR) is 13.0 cm³/mol. The number of rotatable bonds is 0. The van der Waals surface area contributed by atoms with Gasteiger partial charge in [-0.2, -0.15) is 0 Å². The molecule has 10 radical (unpaired) electrons. The van der Waals surface area contributed by atoms with E-state index in [2.05, 4.69) is 0 Å². The molecular weight excluding hydrogens is 165 g/mol. The maximum atomic E-state index is 0. The molecule has 0 amide bonds. The van der Waals surface area contributed by atoms with Crippen LogP contribution < -0.4 is 37.2 Å². The van der Waals surface area contributed by atoms with Crippen LogP contribution >= 0.6 is 12.4 Å². The van der Waals surface area contributed by atoms with E-state index in [-0.39, 0.29) is 79.2 Å². The molecule has 0 spiro atoms. The van der Waals surface area contributed by atoms with Gasteiger partial charge >= 0.3 is 29.6 Å². The average Bonchev–Trinajstić information content (AvgIpc) is 0. The Labute approximate surface area is 78.4 Å². The maximum absolute atomic E-state index is 0. The third kappa shape index (κ3) is 22.8. The van der Waals surface area contributed by atoms with Gasteiger partial charge in [0.15, 0.2) is 0 Å². The molecule has 30 valence electrons. The van der Waals surface area contributed by atoms with Crippen LogP contribution in [0.4, 0.5) is 0 Å². The van der Waals surface area contributed by atoms with Crippen molar-refractivity contribution in [2.24, 2.45) is 0 Å². The fraction of sp³-hybridized carbons (Fsp3) is 0. The van der Waals surface area contributed by atoms with Crippen LogP contribution in [0.2, 0.25) is 0 Å². The van der Waals surface area contributed by atoms with Gasteiger partial charge in [0, 0.05) is 0 Å². The molecule has 5 heavy (non-hydrogen) atoms. The molecule has 0 unspecified atom stereocenters. The molecule has 0 aromatic carbocycles. The zero-order chi connectivity index (χ0) is 0. The van der Waals surface area contributed by atoms with E-state index >= 15 is 0 Å². The summed E-state index contributed by atoms with van der Waals surface area (Å²) in [5.74, 6) is 0. The molecule has 0 atom stereocenters. The minimum Gasteiger partial charge on any atom is -1.00 e. The van der Waals surface area contributed by atoms with Gasteiger partial charge in [-0.3, -0.25) is 0 Å².